The largest absolute Gasteiger partial charge is 0.383 e. The lowest BCUT2D eigenvalue weighted by atomic mass is 10.1. The molecule has 0 bridgehead atoms. The third kappa shape index (κ3) is 3.49. The Bertz CT molecular complexity index is 385. The van der Waals surface area contributed by atoms with Gasteiger partial charge >= 0.3 is 0 Å². The van der Waals surface area contributed by atoms with Crippen LogP contribution in [0.2, 0.25) is 0 Å². The van der Waals surface area contributed by atoms with Gasteiger partial charge in [0.15, 0.2) is 5.82 Å². The Hall–Kier alpha value is -0.470. The summed E-state index contributed by atoms with van der Waals surface area (Å²) in [5.74, 6) is 1.38. The van der Waals surface area contributed by atoms with Crippen LogP contribution in [0.5, 0.6) is 0 Å². The molecule has 0 radical (unpaired) electrons. The van der Waals surface area contributed by atoms with Crippen molar-refractivity contribution in [3.05, 3.63) is 15.1 Å². The Balaban J connectivity index is 3.16. The minimum absolute atomic E-state index is 0.148. The number of methoxy groups -OCH3 is 2. The van der Waals surface area contributed by atoms with E-state index in [-0.39, 0.29) is 12.0 Å². The first kappa shape index (κ1) is 14.6. The van der Waals surface area contributed by atoms with Crippen molar-refractivity contribution < 1.29 is 9.47 Å². The summed E-state index contributed by atoms with van der Waals surface area (Å²) in [4.78, 5) is 8.75. The zero-order chi connectivity index (χ0) is 13.0. The number of rotatable bonds is 5. The van der Waals surface area contributed by atoms with Gasteiger partial charge in [-0.15, -0.1) is 0 Å². The van der Waals surface area contributed by atoms with E-state index in [1.165, 1.54) is 0 Å². The molecule has 0 aliphatic rings. The summed E-state index contributed by atoms with van der Waals surface area (Å²) in [6, 6.07) is 0. The van der Waals surface area contributed by atoms with E-state index in [0.717, 1.165) is 9.26 Å². The summed E-state index contributed by atoms with van der Waals surface area (Å²) in [7, 11) is 3.28. The van der Waals surface area contributed by atoms with E-state index in [2.05, 4.69) is 46.4 Å². The molecular formula is C11H18IN3O2. The van der Waals surface area contributed by atoms with Crippen LogP contribution in [-0.2, 0) is 16.1 Å². The summed E-state index contributed by atoms with van der Waals surface area (Å²) in [5.41, 5.74) is 6.68. The maximum absolute atomic E-state index is 5.87. The normalized spacial score (nSPS) is 13.1. The molecule has 1 aromatic rings. The zero-order valence-electron chi connectivity index (χ0n) is 10.5. The van der Waals surface area contributed by atoms with E-state index in [1.54, 1.807) is 14.2 Å². The minimum Gasteiger partial charge on any atom is -0.383 e. The monoisotopic (exact) mass is 351 g/mol. The van der Waals surface area contributed by atoms with Gasteiger partial charge in [-0.3, -0.25) is 0 Å². The summed E-state index contributed by atoms with van der Waals surface area (Å²) in [6.07, 6.45) is -0.148. The third-order valence-electron chi connectivity index (χ3n) is 2.36. The number of anilines is 1. The number of aromatic nitrogens is 2. The van der Waals surface area contributed by atoms with Crippen LogP contribution in [-0.4, -0.2) is 24.2 Å². The fraction of sp³-hybridized carbons (Fsp3) is 0.636. The van der Waals surface area contributed by atoms with E-state index >= 15 is 0 Å². The predicted molar refractivity (Wildman–Crippen MR) is 74.5 cm³/mol. The van der Waals surface area contributed by atoms with E-state index < -0.39 is 0 Å². The van der Waals surface area contributed by atoms with Crippen molar-refractivity contribution in [3.63, 3.8) is 0 Å². The van der Waals surface area contributed by atoms with Crippen LogP contribution in [0.15, 0.2) is 0 Å². The van der Waals surface area contributed by atoms with Crippen LogP contribution < -0.4 is 5.73 Å². The van der Waals surface area contributed by atoms with Crippen LogP contribution in [0.1, 0.15) is 31.5 Å². The van der Waals surface area contributed by atoms with E-state index in [0.29, 0.717) is 18.2 Å². The van der Waals surface area contributed by atoms with Gasteiger partial charge in [-0.2, -0.15) is 0 Å². The first-order valence-corrected chi connectivity index (χ1v) is 6.42. The number of hydrogen-bond acceptors (Lipinski definition) is 5. The Morgan fingerprint density at radius 3 is 2.41 bits per heavy atom. The molecule has 5 nitrogen and oxygen atoms in total. The van der Waals surface area contributed by atoms with Gasteiger partial charge in [0.25, 0.3) is 0 Å². The average molecular weight is 351 g/mol. The summed E-state index contributed by atoms with van der Waals surface area (Å²) in [6.45, 7) is 4.54. The molecule has 0 spiro atoms. The highest BCUT2D eigenvalue weighted by atomic mass is 127. The van der Waals surface area contributed by atoms with Gasteiger partial charge in [0.05, 0.1) is 15.9 Å². The Labute approximate surface area is 115 Å². The Kier molecular flexibility index (Phi) is 5.54. The average Bonchev–Trinajstić information content (AvgIpc) is 2.26. The van der Waals surface area contributed by atoms with Gasteiger partial charge in [0.2, 0.25) is 0 Å². The SMILES string of the molecule is COCc1nc(C(OC)C(C)C)nc(N)c1I. The molecule has 1 rings (SSSR count). The van der Waals surface area contributed by atoms with Crippen molar-refractivity contribution in [1.82, 2.24) is 9.97 Å². The highest BCUT2D eigenvalue weighted by Gasteiger charge is 2.21. The Morgan fingerprint density at radius 2 is 1.94 bits per heavy atom. The highest BCUT2D eigenvalue weighted by molar-refractivity contribution is 14.1. The second-order valence-electron chi connectivity index (χ2n) is 4.06. The van der Waals surface area contributed by atoms with Crippen molar-refractivity contribution in [1.29, 1.82) is 0 Å². The van der Waals surface area contributed by atoms with Gasteiger partial charge in [0, 0.05) is 14.2 Å². The number of nitrogens with two attached hydrogens (primary N) is 1. The lowest BCUT2D eigenvalue weighted by Crippen LogP contribution is -2.16. The molecule has 1 unspecified atom stereocenters. The number of halogens is 1. The first-order valence-electron chi connectivity index (χ1n) is 5.34. The molecule has 1 aromatic heterocycles. The van der Waals surface area contributed by atoms with E-state index in [9.17, 15) is 0 Å². The molecule has 0 aromatic carbocycles. The highest BCUT2D eigenvalue weighted by Crippen LogP contribution is 2.25. The van der Waals surface area contributed by atoms with Gasteiger partial charge in [-0.25, -0.2) is 9.97 Å². The molecule has 0 saturated heterocycles. The lowest BCUT2D eigenvalue weighted by Gasteiger charge is -2.19. The molecular weight excluding hydrogens is 333 g/mol. The quantitative estimate of drug-likeness (QED) is 0.824. The standard InChI is InChI=1S/C11H18IN3O2/c1-6(2)9(17-4)11-14-7(5-16-3)8(12)10(13)15-11/h6,9H,5H2,1-4H3,(H2,13,14,15). The third-order valence-corrected chi connectivity index (χ3v) is 3.53. The van der Waals surface area contributed by atoms with Crippen molar-refractivity contribution in [2.24, 2.45) is 5.92 Å². The van der Waals surface area contributed by atoms with Crippen LogP contribution in [0.25, 0.3) is 0 Å². The molecule has 0 fully saturated rings. The molecule has 2 N–H and O–H groups in total. The topological polar surface area (TPSA) is 70.3 Å². The van der Waals surface area contributed by atoms with Gasteiger partial charge < -0.3 is 15.2 Å². The second-order valence-corrected chi connectivity index (χ2v) is 5.14. The number of nitrogen functional groups attached to an aromatic ring is 1. The molecule has 0 saturated carbocycles. The molecule has 6 heteroatoms. The first-order chi connectivity index (χ1) is 8.01. The van der Waals surface area contributed by atoms with Crippen LogP contribution in [0.4, 0.5) is 5.82 Å². The van der Waals surface area contributed by atoms with Crippen LogP contribution >= 0.6 is 22.6 Å². The Morgan fingerprint density at radius 1 is 1.29 bits per heavy atom. The zero-order valence-corrected chi connectivity index (χ0v) is 12.7. The molecule has 96 valence electrons. The number of hydrogen-bond donors (Lipinski definition) is 1. The molecule has 0 amide bonds. The second kappa shape index (κ2) is 6.46. The van der Waals surface area contributed by atoms with Crippen LogP contribution in [0, 0.1) is 9.49 Å². The summed E-state index contributed by atoms with van der Waals surface area (Å²) < 4.78 is 11.3. The fourth-order valence-electron chi connectivity index (χ4n) is 1.57. The lowest BCUT2D eigenvalue weighted by molar-refractivity contribution is 0.0569. The molecule has 1 heterocycles. The molecule has 17 heavy (non-hydrogen) atoms. The predicted octanol–water partition coefficient (Wildman–Crippen LogP) is 2.15. The molecule has 0 aliphatic heterocycles. The maximum Gasteiger partial charge on any atom is 0.160 e. The molecule has 0 aliphatic carbocycles. The van der Waals surface area contributed by atoms with E-state index in [4.69, 9.17) is 15.2 Å². The van der Waals surface area contributed by atoms with Crippen molar-refractivity contribution in [2.45, 2.75) is 26.6 Å². The van der Waals surface area contributed by atoms with Crippen molar-refractivity contribution in [3.8, 4) is 0 Å². The summed E-state index contributed by atoms with van der Waals surface area (Å²) >= 11 is 2.13. The van der Waals surface area contributed by atoms with Gasteiger partial charge in [-0.05, 0) is 28.5 Å². The minimum atomic E-state index is -0.148. The van der Waals surface area contributed by atoms with Gasteiger partial charge in [-0.1, -0.05) is 13.8 Å². The van der Waals surface area contributed by atoms with Gasteiger partial charge in [0.1, 0.15) is 11.9 Å². The van der Waals surface area contributed by atoms with Crippen LogP contribution in [0.3, 0.4) is 0 Å². The maximum atomic E-state index is 5.87. The summed E-state index contributed by atoms with van der Waals surface area (Å²) in [5, 5.41) is 0. The molecule has 1 atom stereocenters. The van der Waals surface area contributed by atoms with Crippen molar-refractivity contribution >= 4 is 28.4 Å². The van der Waals surface area contributed by atoms with Crippen molar-refractivity contribution in [2.75, 3.05) is 20.0 Å². The fourth-order valence-corrected chi connectivity index (χ4v) is 1.96. The van der Waals surface area contributed by atoms with E-state index in [1.807, 2.05) is 0 Å². The smallest absolute Gasteiger partial charge is 0.160 e. The number of nitrogens with zero attached hydrogens (tertiary/aromatic N) is 2. The number of ether oxygens (including phenoxy) is 2.